The van der Waals surface area contributed by atoms with Gasteiger partial charge in [-0.3, -0.25) is 4.79 Å². The number of hydrogen-bond donors (Lipinski definition) is 1. The van der Waals surface area contributed by atoms with Crippen LogP contribution in [-0.4, -0.2) is 17.0 Å². The van der Waals surface area contributed by atoms with E-state index in [0.717, 1.165) is 32.1 Å². The van der Waals surface area contributed by atoms with Gasteiger partial charge in [0.15, 0.2) is 0 Å². The maximum absolute atomic E-state index is 11.7. The SMILES string of the molecule is O=C1CC=CCC1C1CCC(O)CC1. The molecule has 2 heteroatoms. The molecule has 0 aromatic rings. The monoisotopic (exact) mass is 194 g/mol. The highest BCUT2D eigenvalue weighted by Crippen LogP contribution is 2.34. The second-order valence-electron chi connectivity index (χ2n) is 4.55. The molecule has 0 aromatic carbocycles. The van der Waals surface area contributed by atoms with Crippen molar-refractivity contribution in [3.05, 3.63) is 12.2 Å². The molecular weight excluding hydrogens is 176 g/mol. The number of carbonyl (C=O) groups is 1. The van der Waals surface area contributed by atoms with Gasteiger partial charge in [0, 0.05) is 12.3 Å². The van der Waals surface area contributed by atoms with E-state index in [1.54, 1.807) is 0 Å². The van der Waals surface area contributed by atoms with Crippen molar-refractivity contribution in [3.8, 4) is 0 Å². The van der Waals surface area contributed by atoms with Crippen LogP contribution in [0.15, 0.2) is 12.2 Å². The van der Waals surface area contributed by atoms with Gasteiger partial charge in [-0.25, -0.2) is 0 Å². The van der Waals surface area contributed by atoms with Crippen molar-refractivity contribution in [2.75, 3.05) is 0 Å². The molecule has 1 saturated carbocycles. The van der Waals surface area contributed by atoms with Crippen LogP contribution >= 0.6 is 0 Å². The minimum absolute atomic E-state index is 0.111. The Morgan fingerprint density at radius 3 is 2.50 bits per heavy atom. The van der Waals surface area contributed by atoms with Crippen LogP contribution < -0.4 is 0 Å². The van der Waals surface area contributed by atoms with Gasteiger partial charge in [-0.15, -0.1) is 0 Å². The molecule has 0 amide bonds. The predicted molar refractivity (Wildman–Crippen MR) is 54.8 cm³/mol. The maximum Gasteiger partial charge on any atom is 0.140 e. The van der Waals surface area contributed by atoms with E-state index in [1.807, 2.05) is 6.08 Å². The van der Waals surface area contributed by atoms with Crippen LogP contribution in [0.25, 0.3) is 0 Å². The fourth-order valence-corrected chi connectivity index (χ4v) is 2.68. The third-order valence-corrected chi connectivity index (χ3v) is 3.60. The van der Waals surface area contributed by atoms with E-state index in [4.69, 9.17) is 0 Å². The van der Waals surface area contributed by atoms with Crippen molar-refractivity contribution >= 4 is 5.78 Å². The van der Waals surface area contributed by atoms with Gasteiger partial charge in [0.25, 0.3) is 0 Å². The van der Waals surface area contributed by atoms with Crippen molar-refractivity contribution in [2.24, 2.45) is 11.8 Å². The fourth-order valence-electron chi connectivity index (χ4n) is 2.68. The molecule has 0 radical (unpaired) electrons. The van der Waals surface area contributed by atoms with Gasteiger partial charge in [-0.2, -0.15) is 0 Å². The third kappa shape index (κ3) is 2.06. The summed E-state index contributed by atoms with van der Waals surface area (Å²) in [5, 5.41) is 9.39. The van der Waals surface area contributed by atoms with Gasteiger partial charge >= 0.3 is 0 Å². The lowest BCUT2D eigenvalue weighted by Crippen LogP contribution is -2.29. The molecule has 78 valence electrons. The zero-order chi connectivity index (χ0) is 9.97. The molecule has 0 bridgehead atoms. The molecule has 2 nitrogen and oxygen atoms in total. The third-order valence-electron chi connectivity index (χ3n) is 3.60. The first-order valence-corrected chi connectivity index (χ1v) is 5.63. The summed E-state index contributed by atoms with van der Waals surface area (Å²) in [7, 11) is 0. The van der Waals surface area contributed by atoms with Crippen molar-refractivity contribution in [1.82, 2.24) is 0 Å². The first-order chi connectivity index (χ1) is 6.77. The Balaban J connectivity index is 1.94. The molecule has 0 aliphatic heterocycles. The summed E-state index contributed by atoms with van der Waals surface area (Å²) in [6, 6.07) is 0. The summed E-state index contributed by atoms with van der Waals surface area (Å²) in [5.74, 6) is 1.21. The molecule has 0 saturated heterocycles. The lowest BCUT2D eigenvalue weighted by molar-refractivity contribution is -0.124. The highest BCUT2D eigenvalue weighted by atomic mass is 16.3. The van der Waals surface area contributed by atoms with Crippen LogP contribution in [0.1, 0.15) is 38.5 Å². The van der Waals surface area contributed by atoms with E-state index in [1.165, 1.54) is 0 Å². The van der Waals surface area contributed by atoms with E-state index < -0.39 is 0 Å². The normalized spacial score (nSPS) is 38.6. The maximum atomic E-state index is 11.7. The molecule has 2 aliphatic rings. The zero-order valence-electron chi connectivity index (χ0n) is 8.48. The minimum atomic E-state index is -0.111. The molecule has 1 N–H and O–H groups in total. The zero-order valence-corrected chi connectivity index (χ0v) is 8.48. The lowest BCUT2D eigenvalue weighted by Gasteiger charge is -2.31. The largest absolute Gasteiger partial charge is 0.393 e. The molecule has 0 aromatic heterocycles. The summed E-state index contributed by atoms with van der Waals surface area (Å²) >= 11 is 0. The molecule has 1 fully saturated rings. The molecule has 2 aliphatic carbocycles. The number of ketones is 1. The van der Waals surface area contributed by atoms with Crippen LogP contribution in [0.2, 0.25) is 0 Å². The van der Waals surface area contributed by atoms with Crippen molar-refractivity contribution in [1.29, 1.82) is 0 Å². The summed E-state index contributed by atoms with van der Waals surface area (Å²) in [6.07, 6.45) is 9.41. The second kappa shape index (κ2) is 4.26. The quantitative estimate of drug-likeness (QED) is 0.649. The average molecular weight is 194 g/mol. The average Bonchev–Trinajstić information content (AvgIpc) is 2.20. The van der Waals surface area contributed by atoms with E-state index in [0.29, 0.717) is 18.1 Å². The highest BCUT2D eigenvalue weighted by Gasteiger charge is 2.31. The Kier molecular flexibility index (Phi) is 3.02. The van der Waals surface area contributed by atoms with Crippen molar-refractivity contribution in [2.45, 2.75) is 44.6 Å². The predicted octanol–water partition coefficient (Wildman–Crippen LogP) is 2.07. The Morgan fingerprint density at radius 1 is 1.14 bits per heavy atom. The first-order valence-electron chi connectivity index (χ1n) is 5.63. The second-order valence-corrected chi connectivity index (χ2v) is 4.55. The van der Waals surface area contributed by atoms with Gasteiger partial charge in [-0.05, 0) is 38.0 Å². The highest BCUT2D eigenvalue weighted by molar-refractivity contribution is 5.83. The summed E-state index contributed by atoms with van der Waals surface area (Å²) in [5.41, 5.74) is 0. The van der Waals surface area contributed by atoms with E-state index >= 15 is 0 Å². The Hall–Kier alpha value is -0.630. The van der Waals surface area contributed by atoms with Crippen molar-refractivity contribution in [3.63, 3.8) is 0 Å². The topological polar surface area (TPSA) is 37.3 Å². The summed E-state index contributed by atoms with van der Waals surface area (Å²) in [4.78, 5) is 11.7. The van der Waals surface area contributed by atoms with Crippen LogP contribution in [0.3, 0.4) is 0 Å². The van der Waals surface area contributed by atoms with Gasteiger partial charge in [0.1, 0.15) is 5.78 Å². The number of aliphatic hydroxyl groups excluding tert-OH is 1. The summed E-state index contributed by atoms with van der Waals surface area (Å²) < 4.78 is 0. The molecule has 14 heavy (non-hydrogen) atoms. The van der Waals surface area contributed by atoms with E-state index in [9.17, 15) is 9.90 Å². The number of rotatable bonds is 1. The molecule has 1 unspecified atom stereocenters. The molecule has 0 heterocycles. The van der Waals surface area contributed by atoms with Gasteiger partial charge < -0.3 is 5.11 Å². The molecular formula is C12H18O2. The van der Waals surface area contributed by atoms with Crippen LogP contribution in [0.5, 0.6) is 0 Å². The molecule has 0 spiro atoms. The van der Waals surface area contributed by atoms with E-state index in [2.05, 4.69) is 6.08 Å². The van der Waals surface area contributed by atoms with E-state index in [-0.39, 0.29) is 12.0 Å². The number of hydrogen-bond acceptors (Lipinski definition) is 2. The molecule has 1 atom stereocenters. The first kappa shape index (κ1) is 9.91. The van der Waals surface area contributed by atoms with Gasteiger partial charge in [0.2, 0.25) is 0 Å². The molecule has 2 rings (SSSR count). The Morgan fingerprint density at radius 2 is 1.86 bits per heavy atom. The number of carbonyl (C=O) groups excluding carboxylic acids is 1. The number of aliphatic hydroxyl groups is 1. The van der Waals surface area contributed by atoms with Crippen LogP contribution in [0.4, 0.5) is 0 Å². The minimum Gasteiger partial charge on any atom is -0.393 e. The standard InChI is InChI=1S/C12H18O2/c13-10-7-5-9(6-8-10)11-3-1-2-4-12(11)14/h1-2,9-11,13H,3-8H2. The number of allylic oxidation sites excluding steroid dienone is 2. The van der Waals surface area contributed by atoms with Crippen LogP contribution in [0, 0.1) is 11.8 Å². The van der Waals surface area contributed by atoms with Gasteiger partial charge in [0.05, 0.1) is 6.10 Å². The van der Waals surface area contributed by atoms with Crippen molar-refractivity contribution < 1.29 is 9.90 Å². The number of Topliss-reactive ketones (excluding diaryl/α,β-unsaturated/α-hetero) is 1. The summed E-state index contributed by atoms with van der Waals surface area (Å²) in [6.45, 7) is 0. The lowest BCUT2D eigenvalue weighted by atomic mass is 9.74. The Labute approximate surface area is 85.0 Å². The Bertz CT molecular complexity index is 237. The van der Waals surface area contributed by atoms with Gasteiger partial charge in [-0.1, -0.05) is 12.2 Å². The van der Waals surface area contributed by atoms with Crippen LogP contribution in [-0.2, 0) is 4.79 Å². The smallest absolute Gasteiger partial charge is 0.140 e. The fraction of sp³-hybridized carbons (Fsp3) is 0.750.